The van der Waals surface area contributed by atoms with Crippen molar-refractivity contribution >= 4 is 18.1 Å². The first-order chi connectivity index (χ1) is 7.27. The van der Waals surface area contributed by atoms with E-state index in [1.165, 1.54) is 0 Å². The van der Waals surface area contributed by atoms with Gasteiger partial charge in [-0.05, 0) is 25.0 Å². The molecule has 0 unspecified atom stereocenters. The Morgan fingerprint density at radius 1 is 1.47 bits per heavy atom. The second-order valence-corrected chi connectivity index (χ2v) is 3.52. The molecule has 0 spiro atoms. The number of nitrogens with one attached hydrogen (secondary N) is 2. The summed E-state index contributed by atoms with van der Waals surface area (Å²) in [5, 5.41) is 2.82. The number of carbonyl (C=O) groups is 1. The maximum absolute atomic E-state index is 11.6. The Hall–Kier alpha value is -1.77. The standard InChI is InChI=1S/C12H14N2O/c1-3-5-10-8(4-2)9-6-7-13-12(15)11(9)14-10/h3-5,14H,2,6-7H2,1H3,(H,13,15)/b5-3-. The van der Waals surface area contributed by atoms with E-state index in [2.05, 4.69) is 16.9 Å². The molecule has 2 heterocycles. The van der Waals surface area contributed by atoms with E-state index in [4.69, 9.17) is 0 Å². The molecule has 0 saturated heterocycles. The lowest BCUT2D eigenvalue weighted by Crippen LogP contribution is -2.31. The highest BCUT2D eigenvalue weighted by Crippen LogP contribution is 2.24. The Morgan fingerprint density at radius 3 is 2.93 bits per heavy atom. The fraction of sp³-hybridized carbons (Fsp3) is 0.250. The number of hydrogen-bond acceptors (Lipinski definition) is 1. The van der Waals surface area contributed by atoms with Crippen molar-refractivity contribution in [3.63, 3.8) is 0 Å². The van der Waals surface area contributed by atoms with Gasteiger partial charge in [-0.1, -0.05) is 18.7 Å². The molecule has 1 aromatic heterocycles. The zero-order valence-corrected chi connectivity index (χ0v) is 8.76. The van der Waals surface area contributed by atoms with Crippen LogP contribution in [-0.2, 0) is 6.42 Å². The molecule has 1 aliphatic rings. The maximum Gasteiger partial charge on any atom is 0.268 e. The van der Waals surface area contributed by atoms with Crippen molar-refractivity contribution in [3.05, 3.63) is 35.2 Å². The molecule has 0 aliphatic carbocycles. The van der Waals surface area contributed by atoms with E-state index in [-0.39, 0.29) is 5.91 Å². The zero-order chi connectivity index (χ0) is 10.8. The normalized spacial score (nSPS) is 15.1. The highest BCUT2D eigenvalue weighted by Gasteiger charge is 2.22. The van der Waals surface area contributed by atoms with Gasteiger partial charge in [0.05, 0.1) is 0 Å². The topological polar surface area (TPSA) is 44.9 Å². The van der Waals surface area contributed by atoms with Crippen molar-refractivity contribution in [1.29, 1.82) is 0 Å². The van der Waals surface area contributed by atoms with Gasteiger partial charge in [0.25, 0.3) is 5.91 Å². The summed E-state index contributed by atoms with van der Waals surface area (Å²) in [4.78, 5) is 14.7. The summed E-state index contributed by atoms with van der Waals surface area (Å²) in [5.74, 6) is -0.0184. The summed E-state index contributed by atoms with van der Waals surface area (Å²) in [6.45, 7) is 6.45. The first-order valence-corrected chi connectivity index (χ1v) is 5.06. The van der Waals surface area contributed by atoms with Crippen LogP contribution >= 0.6 is 0 Å². The highest BCUT2D eigenvalue weighted by atomic mass is 16.1. The smallest absolute Gasteiger partial charge is 0.268 e. The van der Waals surface area contributed by atoms with Gasteiger partial charge in [-0.3, -0.25) is 4.79 Å². The van der Waals surface area contributed by atoms with Crippen LogP contribution < -0.4 is 5.32 Å². The van der Waals surface area contributed by atoms with Crippen LogP contribution in [0.1, 0.15) is 34.2 Å². The van der Waals surface area contributed by atoms with Gasteiger partial charge in [-0.25, -0.2) is 0 Å². The minimum absolute atomic E-state index is 0.0184. The molecular formula is C12H14N2O. The zero-order valence-electron chi connectivity index (χ0n) is 8.76. The molecule has 0 saturated carbocycles. The van der Waals surface area contributed by atoms with E-state index in [1.807, 2.05) is 25.2 Å². The third-order valence-electron chi connectivity index (χ3n) is 2.60. The molecule has 2 rings (SSSR count). The second-order valence-electron chi connectivity index (χ2n) is 3.52. The van der Waals surface area contributed by atoms with Crippen LogP contribution in [0, 0.1) is 0 Å². The molecule has 0 aromatic carbocycles. The monoisotopic (exact) mass is 202 g/mol. The van der Waals surface area contributed by atoms with E-state index < -0.39 is 0 Å². The molecule has 1 aromatic rings. The van der Waals surface area contributed by atoms with Crippen molar-refractivity contribution in [2.75, 3.05) is 6.54 Å². The molecular weight excluding hydrogens is 188 g/mol. The van der Waals surface area contributed by atoms with Crippen LogP contribution in [0.2, 0.25) is 0 Å². The van der Waals surface area contributed by atoms with E-state index in [1.54, 1.807) is 0 Å². The number of amides is 1. The third-order valence-corrected chi connectivity index (χ3v) is 2.60. The van der Waals surface area contributed by atoms with Gasteiger partial charge in [0.2, 0.25) is 0 Å². The molecule has 0 fully saturated rings. The number of rotatable bonds is 2. The maximum atomic E-state index is 11.6. The van der Waals surface area contributed by atoms with Gasteiger partial charge < -0.3 is 10.3 Å². The van der Waals surface area contributed by atoms with Crippen molar-refractivity contribution in [2.45, 2.75) is 13.3 Å². The lowest BCUT2D eigenvalue weighted by atomic mass is 10.0. The van der Waals surface area contributed by atoms with Crippen LogP contribution in [0.5, 0.6) is 0 Å². The number of fused-ring (bicyclic) bond motifs is 1. The van der Waals surface area contributed by atoms with Crippen molar-refractivity contribution < 1.29 is 4.79 Å². The fourth-order valence-electron chi connectivity index (χ4n) is 1.95. The Balaban J connectivity index is 2.60. The predicted molar refractivity (Wildman–Crippen MR) is 61.6 cm³/mol. The molecule has 78 valence electrons. The summed E-state index contributed by atoms with van der Waals surface area (Å²) < 4.78 is 0. The van der Waals surface area contributed by atoms with Gasteiger partial charge in [-0.2, -0.15) is 0 Å². The molecule has 1 amide bonds. The van der Waals surface area contributed by atoms with E-state index in [0.29, 0.717) is 12.2 Å². The van der Waals surface area contributed by atoms with Gasteiger partial charge in [0.15, 0.2) is 0 Å². The van der Waals surface area contributed by atoms with Crippen LogP contribution in [0.15, 0.2) is 12.7 Å². The number of H-pyrrole nitrogens is 1. The largest absolute Gasteiger partial charge is 0.350 e. The molecule has 0 radical (unpaired) electrons. The number of allylic oxidation sites excluding steroid dienone is 1. The summed E-state index contributed by atoms with van der Waals surface area (Å²) in [5.41, 5.74) is 3.79. The van der Waals surface area contributed by atoms with Crippen LogP contribution in [-0.4, -0.2) is 17.4 Å². The lowest BCUT2D eigenvalue weighted by Gasteiger charge is -2.12. The quantitative estimate of drug-likeness (QED) is 0.756. The third kappa shape index (κ3) is 1.50. The average molecular weight is 202 g/mol. The number of carbonyl (C=O) groups excluding carboxylic acids is 1. The summed E-state index contributed by atoms with van der Waals surface area (Å²) >= 11 is 0. The minimum atomic E-state index is -0.0184. The van der Waals surface area contributed by atoms with E-state index in [9.17, 15) is 4.79 Å². The number of aromatic nitrogens is 1. The Kier molecular flexibility index (Phi) is 2.46. The van der Waals surface area contributed by atoms with Crippen molar-refractivity contribution in [2.24, 2.45) is 0 Å². The SMILES string of the molecule is C=Cc1c(/C=C\C)[nH]c2c1CCNC2=O. The molecule has 0 atom stereocenters. The van der Waals surface area contributed by atoms with Gasteiger partial charge in [0.1, 0.15) is 5.69 Å². The molecule has 3 nitrogen and oxygen atoms in total. The highest BCUT2D eigenvalue weighted by molar-refractivity contribution is 5.97. The molecule has 0 bridgehead atoms. The molecule has 3 heteroatoms. The molecule has 1 aliphatic heterocycles. The summed E-state index contributed by atoms with van der Waals surface area (Å²) in [6.07, 6.45) is 6.59. The first-order valence-electron chi connectivity index (χ1n) is 5.06. The Labute approximate surface area is 88.9 Å². The van der Waals surface area contributed by atoms with Gasteiger partial charge >= 0.3 is 0 Å². The van der Waals surface area contributed by atoms with Gasteiger partial charge in [0, 0.05) is 17.8 Å². The minimum Gasteiger partial charge on any atom is -0.350 e. The Bertz CT molecular complexity index is 441. The summed E-state index contributed by atoms with van der Waals surface area (Å²) in [6, 6.07) is 0. The van der Waals surface area contributed by atoms with Crippen molar-refractivity contribution in [1.82, 2.24) is 10.3 Å². The lowest BCUT2D eigenvalue weighted by molar-refractivity contribution is 0.0941. The predicted octanol–water partition coefficient (Wildman–Crippen LogP) is 1.98. The summed E-state index contributed by atoms with van der Waals surface area (Å²) in [7, 11) is 0. The number of aromatic amines is 1. The van der Waals surface area contributed by atoms with Crippen LogP contribution in [0.25, 0.3) is 12.2 Å². The van der Waals surface area contributed by atoms with E-state index >= 15 is 0 Å². The molecule has 15 heavy (non-hydrogen) atoms. The van der Waals surface area contributed by atoms with E-state index in [0.717, 1.165) is 23.2 Å². The first kappa shape index (κ1) is 9.77. The average Bonchev–Trinajstić information content (AvgIpc) is 2.58. The Morgan fingerprint density at radius 2 is 2.27 bits per heavy atom. The van der Waals surface area contributed by atoms with Crippen LogP contribution in [0.3, 0.4) is 0 Å². The molecule has 2 N–H and O–H groups in total. The van der Waals surface area contributed by atoms with Crippen LogP contribution in [0.4, 0.5) is 0 Å². The van der Waals surface area contributed by atoms with Crippen molar-refractivity contribution in [3.8, 4) is 0 Å². The van der Waals surface area contributed by atoms with Gasteiger partial charge in [-0.15, -0.1) is 0 Å². The second kappa shape index (κ2) is 3.77. The number of hydrogen-bond donors (Lipinski definition) is 2. The fourth-order valence-corrected chi connectivity index (χ4v) is 1.95.